The first-order valence-electron chi connectivity index (χ1n) is 6.04. The molecule has 0 bridgehead atoms. The van der Waals surface area contributed by atoms with Gasteiger partial charge in [-0.25, -0.2) is 0 Å². The molecule has 15 heavy (non-hydrogen) atoms. The van der Waals surface area contributed by atoms with E-state index in [0.717, 1.165) is 6.54 Å². The molecule has 0 saturated heterocycles. The molecule has 1 aromatic carbocycles. The quantitative estimate of drug-likeness (QED) is 0.782. The molecule has 2 N–H and O–H groups in total. The van der Waals surface area contributed by atoms with Crippen LogP contribution in [-0.2, 0) is 5.41 Å². The second kappa shape index (κ2) is 3.08. The minimum atomic E-state index is 0.321. The van der Waals surface area contributed by atoms with E-state index in [1.807, 2.05) is 0 Å². The second-order valence-corrected chi connectivity index (χ2v) is 5.56. The SMILES string of the molecule is NCC1(c2ccccc2)CC2(CCC2)C1. The highest BCUT2D eigenvalue weighted by Crippen LogP contribution is 2.64. The smallest absolute Gasteiger partial charge is 0.00861 e. The fourth-order valence-corrected chi connectivity index (χ4v) is 3.67. The van der Waals surface area contributed by atoms with E-state index in [9.17, 15) is 0 Å². The van der Waals surface area contributed by atoms with Gasteiger partial charge in [0, 0.05) is 12.0 Å². The largest absolute Gasteiger partial charge is 0.330 e. The van der Waals surface area contributed by atoms with Gasteiger partial charge in [-0.3, -0.25) is 0 Å². The highest BCUT2D eigenvalue weighted by molar-refractivity contribution is 5.32. The van der Waals surface area contributed by atoms with Gasteiger partial charge in [0.1, 0.15) is 0 Å². The number of hydrogen-bond acceptors (Lipinski definition) is 1. The molecule has 2 aliphatic carbocycles. The lowest BCUT2D eigenvalue weighted by molar-refractivity contribution is -0.0446. The van der Waals surface area contributed by atoms with Crippen LogP contribution in [0.2, 0.25) is 0 Å². The normalized spacial score (nSPS) is 25.7. The molecule has 1 aromatic rings. The van der Waals surface area contributed by atoms with E-state index in [2.05, 4.69) is 30.3 Å². The van der Waals surface area contributed by atoms with E-state index in [0.29, 0.717) is 10.8 Å². The topological polar surface area (TPSA) is 26.0 Å². The first kappa shape index (κ1) is 9.41. The van der Waals surface area contributed by atoms with Gasteiger partial charge in [0.25, 0.3) is 0 Å². The molecule has 1 nitrogen and oxygen atoms in total. The maximum absolute atomic E-state index is 6.00. The Labute approximate surface area is 91.7 Å². The van der Waals surface area contributed by atoms with Crippen LogP contribution in [0.1, 0.15) is 37.7 Å². The molecule has 0 unspecified atom stereocenters. The molecule has 1 heteroatoms. The van der Waals surface area contributed by atoms with Crippen LogP contribution in [0.3, 0.4) is 0 Å². The summed E-state index contributed by atoms with van der Waals surface area (Å²) in [4.78, 5) is 0. The van der Waals surface area contributed by atoms with Crippen LogP contribution >= 0.6 is 0 Å². The number of rotatable bonds is 2. The van der Waals surface area contributed by atoms with Gasteiger partial charge in [-0.2, -0.15) is 0 Å². The van der Waals surface area contributed by atoms with Gasteiger partial charge < -0.3 is 5.73 Å². The zero-order valence-corrected chi connectivity index (χ0v) is 9.21. The summed E-state index contributed by atoms with van der Waals surface area (Å²) < 4.78 is 0. The molecule has 2 fully saturated rings. The third-order valence-electron chi connectivity index (χ3n) is 4.62. The van der Waals surface area contributed by atoms with E-state index < -0.39 is 0 Å². The fraction of sp³-hybridized carbons (Fsp3) is 0.571. The molecule has 2 aliphatic rings. The summed E-state index contributed by atoms with van der Waals surface area (Å²) in [7, 11) is 0. The lowest BCUT2D eigenvalue weighted by Crippen LogP contribution is -2.56. The number of benzene rings is 1. The number of nitrogens with two attached hydrogens (primary N) is 1. The Kier molecular flexibility index (Phi) is 1.93. The van der Waals surface area contributed by atoms with Crippen molar-refractivity contribution in [2.75, 3.05) is 6.54 Å². The van der Waals surface area contributed by atoms with Gasteiger partial charge in [0.05, 0.1) is 0 Å². The summed E-state index contributed by atoms with van der Waals surface area (Å²) in [5, 5.41) is 0. The molecule has 0 amide bonds. The van der Waals surface area contributed by atoms with Gasteiger partial charge in [0.2, 0.25) is 0 Å². The highest BCUT2D eigenvalue weighted by Gasteiger charge is 2.56. The maximum atomic E-state index is 6.00. The first-order valence-corrected chi connectivity index (χ1v) is 6.04. The summed E-state index contributed by atoms with van der Waals surface area (Å²) >= 11 is 0. The molecule has 2 saturated carbocycles. The Morgan fingerprint density at radius 3 is 2.20 bits per heavy atom. The molecule has 0 atom stereocenters. The minimum absolute atomic E-state index is 0.321. The summed E-state index contributed by atoms with van der Waals surface area (Å²) in [5.41, 5.74) is 8.49. The van der Waals surface area contributed by atoms with Gasteiger partial charge in [-0.15, -0.1) is 0 Å². The van der Waals surface area contributed by atoms with E-state index >= 15 is 0 Å². The van der Waals surface area contributed by atoms with E-state index in [-0.39, 0.29) is 0 Å². The average molecular weight is 201 g/mol. The minimum Gasteiger partial charge on any atom is -0.330 e. The predicted molar refractivity (Wildman–Crippen MR) is 62.7 cm³/mol. The van der Waals surface area contributed by atoms with E-state index in [1.54, 1.807) is 0 Å². The Morgan fingerprint density at radius 2 is 1.73 bits per heavy atom. The molecular weight excluding hydrogens is 182 g/mol. The zero-order valence-electron chi connectivity index (χ0n) is 9.21. The lowest BCUT2D eigenvalue weighted by Gasteiger charge is -2.61. The van der Waals surface area contributed by atoms with Crippen LogP contribution in [0.25, 0.3) is 0 Å². The van der Waals surface area contributed by atoms with Crippen molar-refractivity contribution < 1.29 is 0 Å². The number of hydrogen-bond donors (Lipinski definition) is 1. The van der Waals surface area contributed by atoms with Crippen LogP contribution in [0, 0.1) is 5.41 Å². The van der Waals surface area contributed by atoms with Crippen molar-refractivity contribution in [3.8, 4) is 0 Å². The van der Waals surface area contributed by atoms with Gasteiger partial charge >= 0.3 is 0 Å². The second-order valence-electron chi connectivity index (χ2n) is 5.56. The van der Waals surface area contributed by atoms with Crippen LogP contribution < -0.4 is 5.73 Å². The Morgan fingerprint density at radius 1 is 1.07 bits per heavy atom. The lowest BCUT2D eigenvalue weighted by atomic mass is 9.44. The standard InChI is InChI=1S/C14H19N/c15-11-14(12-5-2-1-3-6-12)9-13(10-14)7-4-8-13/h1-3,5-6H,4,7-11,15H2. The molecule has 3 rings (SSSR count). The summed E-state index contributed by atoms with van der Waals surface area (Å²) in [5.74, 6) is 0. The summed E-state index contributed by atoms with van der Waals surface area (Å²) in [6, 6.07) is 10.9. The van der Waals surface area contributed by atoms with E-state index in [1.165, 1.54) is 37.7 Å². The third kappa shape index (κ3) is 1.26. The Bertz CT molecular complexity index is 343. The Balaban J connectivity index is 1.84. The van der Waals surface area contributed by atoms with Crippen molar-refractivity contribution in [2.24, 2.45) is 11.1 Å². The molecule has 80 valence electrons. The monoisotopic (exact) mass is 201 g/mol. The maximum Gasteiger partial charge on any atom is 0.00861 e. The van der Waals surface area contributed by atoms with Gasteiger partial charge in [-0.1, -0.05) is 36.8 Å². The van der Waals surface area contributed by atoms with Crippen LogP contribution in [0.4, 0.5) is 0 Å². The average Bonchev–Trinajstić information content (AvgIpc) is 2.17. The van der Waals surface area contributed by atoms with Crippen molar-refractivity contribution >= 4 is 0 Å². The Hall–Kier alpha value is -0.820. The van der Waals surface area contributed by atoms with Crippen molar-refractivity contribution in [3.05, 3.63) is 35.9 Å². The summed E-state index contributed by atoms with van der Waals surface area (Å²) in [6.07, 6.45) is 7.00. The molecule has 0 heterocycles. The highest BCUT2D eigenvalue weighted by atomic mass is 14.7. The third-order valence-corrected chi connectivity index (χ3v) is 4.62. The van der Waals surface area contributed by atoms with Gasteiger partial charge in [0.15, 0.2) is 0 Å². The van der Waals surface area contributed by atoms with Crippen molar-refractivity contribution in [3.63, 3.8) is 0 Å². The predicted octanol–water partition coefficient (Wildman–Crippen LogP) is 2.85. The van der Waals surface area contributed by atoms with Crippen LogP contribution in [-0.4, -0.2) is 6.54 Å². The zero-order chi connectivity index (χ0) is 10.4. The molecule has 0 aliphatic heterocycles. The molecular formula is C14H19N. The van der Waals surface area contributed by atoms with Crippen molar-refractivity contribution in [1.82, 2.24) is 0 Å². The van der Waals surface area contributed by atoms with Crippen molar-refractivity contribution in [1.29, 1.82) is 0 Å². The van der Waals surface area contributed by atoms with Gasteiger partial charge in [-0.05, 0) is 36.7 Å². The molecule has 1 spiro atoms. The van der Waals surface area contributed by atoms with E-state index in [4.69, 9.17) is 5.73 Å². The molecule has 0 aromatic heterocycles. The van der Waals surface area contributed by atoms with Crippen LogP contribution in [0.5, 0.6) is 0 Å². The van der Waals surface area contributed by atoms with Crippen LogP contribution in [0.15, 0.2) is 30.3 Å². The molecule has 0 radical (unpaired) electrons. The first-order chi connectivity index (χ1) is 7.29. The summed E-state index contributed by atoms with van der Waals surface area (Å²) in [6.45, 7) is 0.818. The fourth-order valence-electron chi connectivity index (χ4n) is 3.67. The van der Waals surface area contributed by atoms with Crippen molar-refractivity contribution in [2.45, 2.75) is 37.5 Å².